The molecule has 1 aromatic carbocycles. The number of rotatable bonds is 6. The third kappa shape index (κ3) is 3.84. The van der Waals surface area contributed by atoms with E-state index in [-0.39, 0.29) is 23.2 Å². The van der Waals surface area contributed by atoms with Crippen molar-refractivity contribution in [2.24, 2.45) is 0 Å². The first-order chi connectivity index (χ1) is 8.79. The summed E-state index contributed by atoms with van der Waals surface area (Å²) in [6.45, 7) is 4.73. The number of nitrogens with zero attached hydrogens (tertiary/aromatic N) is 1. The Labute approximate surface area is 115 Å². The second kappa shape index (κ2) is 6.25. The SMILES string of the molecule is CC(C)N(CCCO)c1cccc(S(C)(=O)=O)c1N. The number of nitrogens with two attached hydrogens (primary N) is 1. The molecule has 0 radical (unpaired) electrons. The first-order valence-corrected chi connectivity index (χ1v) is 8.14. The number of aliphatic hydroxyl groups excluding tert-OH is 1. The molecule has 0 aliphatic carbocycles. The van der Waals surface area contributed by atoms with Gasteiger partial charge in [0.2, 0.25) is 0 Å². The minimum absolute atomic E-state index is 0.0922. The Balaban J connectivity index is 3.25. The molecule has 108 valence electrons. The normalized spacial score (nSPS) is 11.8. The maximum Gasteiger partial charge on any atom is 0.177 e. The number of hydrogen-bond acceptors (Lipinski definition) is 5. The number of benzene rings is 1. The summed E-state index contributed by atoms with van der Waals surface area (Å²) < 4.78 is 23.3. The first kappa shape index (κ1) is 15.8. The molecular formula is C13H22N2O3S. The van der Waals surface area contributed by atoms with E-state index >= 15 is 0 Å². The van der Waals surface area contributed by atoms with Crippen LogP contribution < -0.4 is 10.6 Å². The molecule has 6 heteroatoms. The molecule has 0 unspecified atom stereocenters. The number of hydrogen-bond donors (Lipinski definition) is 2. The lowest BCUT2D eigenvalue weighted by Gasteiger charge is -2.30. The Hall–Kier alpha value is -1.27. The van der Waals surface area contributed by atoms with Crippen molar-refractivity contribution in [2.75, 3.05) is 30.0 Å². The van der Waals surface area contributed by atoms with Gasteiger partial charge in [0.25, 0.3) is 0 Å². The van der Waals surface area contributed by atoms with Crippen molar-refractivity contribution in [3.05, 3.63) is 18.2 Å². The van der Waals surface area contributed by atoms with Crippen molar-refractivity contribution in [3.8, 4) is 0 Å². The molecule has 0 atom stereocenters. The molecule has 0 spiro atoms. The minimum atomic E-state index is -3.34. The zero-order valence-electron chi connectivity index (χ0n) is 11.6. The van der Waals surface area contributed by atoms with Crippen molar-refractivity contribution >= 4 is 21.2 Å². The first-order valence-electron chi connectivity index (χ1n) is 6.25. The van der Waals surface area contributed by atoms with E-state index < -0.39 is 9.84 Å². The summed E-state index contributed by atoms with van der Waals surface area (Å²) in [5.41, 5.74) is 6.97. The van der Waals surface area contributed by atoms with Gasteiger partial charge in [0.05, 0.1) is 16.3 Å². The molecule has 0 saturated heterocycles. The van der Waals surface area contributed by atoms with Gasteiger partial charge < -0.3 is 15.7 Å². The standard InChI is InChI=1S/C13H22N2O3S/c1-10(2)15(8-5-9-16)11-6-4-7-12(13(11)14)19(3,17)18/h4,6-7,10,16H,5,8-9,14H2,1-3H3. The number of sulfone groups is 1. The van der Waals surface area contributed by atoms with Crippen molar-refractivity contribution in [3.63, 3.8) is 0 Å². The van der Waals surface area contributed by atoms with Crippen LogP contribution in [0.15, 0.2) is 23.1 Å². The molecule has 1 aromatic rings. The highest BCUT2D eigenvalue weighted by Gasteiger charge is 2.19. The molecule has 0 saturated carbocycles. The maximum absolute atomic E-state index is 11.7. The predicted octanol–water partition coefficient (Wildman–Crippen LogP) is 1.27. The fourth-order valence-electron chi connectivity index (χ4n) is 2.00. The molecule has 1 rings (SSSR count). The smallest absolute Gasteiger partial charge is 0.177 e. The van der Waals surface area contributed by atoms with Crippen molar-refractivity contribution < 1.29 is 13.5 Å². The molecule has 0 heterocycles. The van der Waals surface area contributed by atoms with Gasteiger partial charge in [-0.25, -0.2) is 8.42 Å². The van der Waals surface area contributed by atoms with Gasteiger partial charge in [-0.3, -0.25) is 0 Å². The number of aliphatic hydroxyl groups is 1. The van der Waals surface area contributed by atoms with Gasteiger partial charge in [0.15, 0.2) is 9.84 Å². The minimum Gasteiger partial charge on any atom is -0.396 e. The average molecular weight is 286 g/mol. The molecule has 0 amide bonds. The topological polar surface area (TPSA) is 83.6 Å². The monoisotopic (exact) mass is 286 g/mol. The van der Waals surface area contributed by atoms with Crippen molar-refractivity contribution in [2.45, 2.75) is 31.2 Å². The third-order valence-corrected chi connectivity index (χ3v) is 4.09. The number of para-hydroxylation sites is 1. The van der Waals surface area contributed by atoms with Crippen LogP contribution in [-0.2, 0) is 9.84 Å². The molecule has 0 aliphatic rings. The molecule has 0 aliphatic heterocycles. The Morgan fingerprint density at radius 1 is 1.37 bits per heavy atom. The van der Waals surface area contributed by atoms with E-state index in [1.54, 1.807) is 12.1 Å². The van der Waals surface area contributed by atoms with E-state index in [9.17, 15) is 8.42 Å². The third-order valence-electron chi connectivity index (χ3n) is 2.93. The van der Waals surface area contributed by atoms with E-state index in [0.717, 1.165) is 6.26 Å². The molecule has 0 fully saturated rings. The van der Waals surface area contributed by atoms with E-state index in [1.165, 1.54) is 6.07 Å². The van der Waals surface area contributed by atoms with Gasteiger partial charge in [0, 0.05) is 25.4 Å². The van der Waals surface area contributed by atoms with Crippen LogP contribution in [0, 0.1) is 0 Å². The highest BCUT2D eigenvalue weighted by atomic mass is 32.2. The van der Waals surface area contributed by atoms with Gasteiger partial charge in [-0.1, -0.05) is 6.07 Å². The van der Waals surface area contributed by atoms with E-state index in [1.807, 2.05) is 18.7 Å². The second-order valence-corrected chi connectivity index (χ2v) is 6.81. The highest BCUT2D eigenvalue weighted by molar-refractivity contribution is 7.90. The fraction of sp³-hybridized carbons (Fsp3) is 0.538. The zero-order valence-corrected chi connectivity index (χ0v) is 12.4. The highest BCUT2D eigenvalue weighted by Crippen LogP contribution is 2.31. The molecular weight excluding hydrogens is 264 g/mol. The summed E-state index contributed by atoms with van der Waals surface area (Å²) in [6, 6.07) is 5.18. The van der Waals surface area contributed by atoms with E-state index in [4.69, 9.17) is 10.8 Å². The summed E-state index contributed by atoms with van der Waals surface area (Å²) >= 11 is 0. The van der Waals surface area contributed by atoms with Crippen molar-refractivity contribution in [1.29, 1.82) is 0 Å². The summed E-state index contributed by atoms with van der Waals surface area (Å²) in [7, 11) is -3.34. The van der Waals surface area contributed by atoms with Crippen LogP contribution in [-0.4, -0.2) is 39.0 Å². The van der Waals surface area contributed by atoms with E-state index in [2.05, 4.69) is 0 Å². The van der Waals surface area contributed by atoms with E-state index in [0.29, 0.717) is 18.7 Å². The molecule has 5 nitrogen and oxygen atoms in total. The lowest BCUT2D eigenvalue weighted by atomic mass is 10.2. The molecule has 0 bridgehead atoms. The van der Waals surface area contributed by atoms with Gasteiger partial charge >= 0.3 is 0 Å². The summed E-state index contributed by atoms with van der Waals surface area (Å²) in [6.07, 6.45) is 1.76. The lowest BCUT2D eigenvalue weighted by molar-refractivity contribution is 0.288. The van der Waals surface area contributed by atoms with Crippen LogP contribution in [0.5, 0.6) is 0 Å². The van der Waals surface area contributed by atoms with Gasteiger partial charge in [0.1, 0.15) is 0 Å². The van der Waals surface area contributed by atoms with Crippen LogP contribution in [0.1, 0.15) is 20.3 Å². The van der Waals surface area contributed by atoms with Crippen LogP contribution in [0.3, 0.4) is 0 Å². The van der Waals surface area contributed by atoms with Gasteiger partial charge in [-0.2, -0.15) is 0 Å². The summed E-state index contributed by atoms with van der Waals surface area (Å²) in [5.74, 6) is 0. The Kier molecular flexibility index (Phi) is 5.20. The van der Waals surface area contributed by atoms with Gasteiger partial charge in [-0.15, -0.1) is 0 Å². The Bertz CT molecular complexity index is 527. The van der Waals surface area contributed by atoms with Crippen molar-refractivity contribution in [1.82, 2.24) is 0 Å². The number of nitrogen functional groups attached to an aromatic ring is 1. The molecule has 19 heavy (non-hydrogen) atoms. The van der Waals surface area contributed by atoms with Crippen LogP contribution in [0.4, 0.5) is 11.4 Å². The molecule has 0 aromatic heterocycles. The van der Waals surface area contributed by atoms with Crippen LogP contribution >= 0.6 is 0 Å². The Morgan fingerprint density at radius 3 is 2.47 bits per heavy atom. The number of anilines is 2. The van der Waals surface area contributed by atoms with Crippen LogP contribution in [0.25, 0.3) is 0 Å². The van der Waals surface area contributed by atoms with Gasteiger partial charge in [-0.05, 0) is 32.4 Å². The quantitative estimate of drug-likeness (QED) is 0.769. The zero-order chi connectivity index (χ0) is 14.6. The largest absolute Gasteiger partial charge is 0.396 e. The van der Waals surface area contributed by atoms with Crippen LogP contribution in [0.2, 0.25) is 0 Å². The predicted molar refractivity (Wildman–Crippen MR) is 78.1 cm³/mol. The summed E-state index contributed by atoms with van der Waals surface area (Å²) in [5, 5.41) is 8.94. The molecule has 3 N–H and O–H groups in total. The average Bonchev–Trinajstić information content (AvgIpc) is 2.29. The lowest BCUT2D eigenvalue weighted by Crippen LogP contribution is -2.33. The Morgan fingerprint density at radius 2 is 2.00 bits per heavy atom. The summed E-state index contributed by atoms with van der Waals surface area (Å²) in [4.78, 5) is 2.15. The second-order valence-electron chi connectivity index (χ2n) is 4.83. The fourth-order valence-corrected chi connectivity index (χ4v) is 2.83. The maximum atomic E-state index is 11.7.